The van der Waals surface area contributed by atoms with E-state index in [4.69, 9.17) is 9.47 Å². The van der Waals surface area contributed by atoms with E-state index in [1.807, 2.05) is 0 Å². The molecule has 1 saturated carbocycles. The third-order valence-corrected chi connectivity index (χ3v) is 3.28. The van der Waals surface area contributed by atoms with Crippen LogP contribution in [0, 0.1) is 16.0 Å². The highest BCUT2D eigenvalue weighted by molar-refractivity contribution is 5.77. The van der Waals surface area contributed by atoms with Crippen LogP contribution in [0.25, 0.3) is 0 Å². The van der Waals surface area contributed by atoms with Gasteiger partial charge in [0.25, 0.3) is 5.69 Å². The standard InChI is InChI=1S/C13H14FNO6/c1-19-9-3-8(15(17)18)4-10(5-9)21-7-13(14)6-11(13)12(16)20-2/h3-5,11H,6-7H2,1-2H3/t11-,13-/m1/s1. The second kappa shape index (κ2) is 5.55. The molecule has 1 aromatic rings. The number of carbonyl (C=O) groups is 1. The summed E-state index contributed by atoms with van der Waals surface area (Å²) >= 11 is 0. The van der Waals surface area contributed by atoms with Gasteiger partial charge in [0, 0.05) is 12.5 Å². The summed E-state index contributed by atoms with van der Waals surface area (Å²) < 4.78 is 28.7. The SMILES string of the molecule is COC(=O)[C@H]1C[C@@]1(F)COc1cc(OC)cc([N+](=O)[O-])c1. The number of nitro benzene ring substituents is 1. The van der Waals surface area contributed by atoms with Crippen LogP contribution in [0.2, 0.25) is 0 Å². The normalized spacial score (nSPS) is 23.3. The van der Waals surface area contributed by atoms with Crippen molar-refractivity contribution in [3.05, 3.63) is 28.3 Å². The second-order valence-electron chi connectivity index (χ2n) is 4.73. The maximum absolute atomic E-state index is 14.1. The molecule has 1 aliphatic rings. The van der Waals surface area contributed by atoms with Gasteiger partial charge in [0.1, 0.15) is 18.1 Å². The molecule has 0 bridgehead atoms. The quantitative estimate of drug-likeness (QED) is 0.453. The zero-order chi connectivity index (χ0) is 15.6. The van der Waals surface area contributed by atoms with Gasteiger partial charge in [0.2, 0.25) is 0 Å². The Kier molecular flexibility index (Phi) is 3.97. The van der Waals surface area contributed by atoms with Crippen LogP contribution in [0.3, 0.4) is 0 Å². The summed E-state index contributed by atoms with van der Waals surface area (Å²) in [6, 6.07) is 3.81. The summed E-state index contributed by atoms with van der Waals surface area (Å²) in [6.45, 7) is -0.378. The Labute approximate surface area is 119 Å². The topological polar surface area (TPSA) is 87.9 Å². The molecule has 0 spiro atoms. The van der Waals surface area contributed by atoms with Crippen molar-refractivity contribution < 1.29 is 28.3 Å². The predicted octanol–water partition coefficient (Wildman–Crippen LogP) is 1.88. The molecule has 0 aromatic heterocycles. The summed E-state index contributed by atoms with van der Waals surface area (Å²) in [4.78, 5) is 21.4. The number of rotatable bonds is 6. The number of non-ortho nitro benzene ring substituents is 1. The van der Waals surface area contributed by atoms with Gasteiger partial charge in [-0.25, -0.2) is 4.39 Å². The zero-order valence-electron chi connectivity index (χ0n) is 11.5. The first-order valence-corrected chi connectivity index (χ1v) is 6.12. The first-order valence-electron chi connectivity index (χ1n) is 6.12. The van der Waals surface area contributed by atoms with Crippen LogP contribution < -0.4 is 9.47 Å². The fraction of sp³-hybridized carbons (Fsp3) is 0.462. The summed E-state index contributed by atoms with van der Waals surface area (Å²) in [6.07, 6.45) is 0.0196. The molecule has 1 aromatic carbocycles. The molecule has 114 valence electrons. The lowest BCUT2D eigenvalue weighted by Crippen LogP contribution is -2.21. The first-order chi connectivity index (χ1) is 9.89. The lowest BCUT2D eigenvalue weighted by Gasteiger charge is -2.11. The average Bonchev–Trinajstić information content (AvgIpc) is 3.16. The number of benzene rings is 1. The smallest absolute Gasteiger partial charge is 0.312 e. The molecular weight excluding hydrogens is 285 g/mol. The number of esters is 1. The molecule has 1 fully saturated rings. The molecule has 2 rings (SSSR count). The number of methoxy groups -OCH3 is 2. The maximum Gasteiger partial charge on any atom is 0.312 e. The van der Waals surface area contributed by atoms with Crippen molar-refractivity contribution in [3.8, 4) is 11.5 Å². The van der Waals surface area contributed by atoms with Crippen LogP contribution in [-0.4, -0.2) is 37.4 Å². The Hall–Kier alpha value is -2.38. The summed E-state index contributed by atoms with van der Waals surface area (Å²) in [5.74, 6) is -1.14. The van der Waals surface area contributed by atoms with E-state index in [1.165, 1.54) is 32.4 Å². The number of alkyl halides is 1. The van der Waals surface area contributed by atoms with Gasteiger partial charge in [0.15, 0.2) is 5.67 Å². The molecule has 21 heavy (non-hydrogen) atoms. The van der Waals surface area contributed by atoms with Gasteiger partial charge >= 0.3 is 5.97 Å². The highest BCUT2D eigenvalue weighted by Gasteiger charge is 2.61. The monoisotopic (exact) mass is 299 g/mol. The van der Waals surface area contributed by atoms with Crippen LogP contribution in [0.4, 0.5) is 10.1 Å². The predicted molar refractivity (Wildman–Crippen MR) is 69.1 cm³/mol. The third-order valence-electron chi connectivity index (χ3n) is 3.28. The van der Waals surface area contributed by atoms with E-state index in [1.54, 1.807) is 0 Å². The second-order valence-corrected chi connectivity index (χ2v) is 4.73. The highest BCUT2D eigenvalue weighted by atomic mass is 19.1. The average molecular weight is 299 g/mol. The number of ether oxygens (including phenoxy) is 3. The Morgan fingerprint density at radius 3 is 2.67 bits per heavy atom. The van der Waals surface area contributed by atoms with E-state index < -0.39 is 22.5 Å². The summed E-state index contributed by atoms with van der Waals surface area (Å²) in [5.41, 5.74) is -2.01. The van der Waals surface area contributed by atoms with Crippen LogP contribution in [-0.2, 0) is 9.53 Å². The van der Waals surface area contributed by atoms with E-state index in [9.17, 15) is 19.3 Å². The van der Waals surface area contributed by atoms with Gasteiger partial charge in [-0.3, -0.25) is 14.9 Å². The van der Waals surface area contributed by atoms with Crippen molar-refractivity contribution in [2.75, 3.05) is 20.8 Å². The molecule has 0 radical (unpaired) electrons. The maximum atomic E-state index is 14.1. The molecule has 0 N–H and O–H groups in total. The van der Waals surface area contributed by atoms with E-state index in [-0.39, 0.29) is 30.2 Å². The van der Waals surface area contributed by atoms with Crippen LogP contribution in [0.1, 0.15) is 6.42 Å². The molecule has 0 heterocycles. The Morgan fingerprint density at radius 1 is 1.43 bits per heavy atom. The van der Waals surface area contributed by atoms with Gasteiger partial charge in [-0.15, -0.1) is 0 Å². The molecule has 1 aliphatic carbocycles. The number of nitro groups is 1. The Morgan fingerprint density at radius 2 is 2.10 bits per heavy atom. The molecule has 8 heteroatoms. The van der Waals surface area contributed by atoms with Crippen LogP contribution in [0.5, 0.6) is 11.5 Å². The fourth-order valence-electron chi connectivity index (χ4n) is 1.94. The minimum Gasteiger partial charge on any atom is -0.496 e. The number of hydrogen-bond acceptors (Lipinski definition) is 6. The van der Waals surface area contributed by atoms with Crippen LogP contribution in [0.15, 0.2) is 18.2 Å². The Bertz CT molecular complexity index is 578. The van der Waals surface area contributed by atoms with Gasteiger partial charge in [-0.2, -0.15) is 0 Å². The number of carbonyl (C=O) groups excluding carboxylic acids is 1. The van der Waals surface area contributed by atoms with E-state index >= 15 is 0 Å². The highest BCUT2D eigenvalue weighted by Crippen LogP contribution is 2.48. The van der Waals surface area contributed by atoms with Crippen molar-refractivity contribution in [1.82, 2.24) is 0 Å². The first kappa shape index (κ1) is 15.0. The van der Waals surface area contributed by atoms with E-state index in [2.05, 4.69) is 4.74 Å². The fourth-order valence-corrected chi connectivity index (χ4v) is 1.94. The van der Waals surface area contributed by atoms with Crippen molar-refractivity contribution in [2.45, 2.75) is 12.1 Å². The molecule has 7 nitrogen and oxygen atoms in total. The Balaban J connectivity index is 2.05. The molecular formula is C13H14FNO6. The molecule has 0 unspecified atom stereocenters. The molecule has 0 aliphatic heterocycles. The largest absolute Gasteiger partial charge is 0.496 e. The van der Waals surface area contributed by atoms with Gasteiger partial charge in [-0.1, -0.05) is 0 Å². The van der Waals surface area contributed by atoms with E-state index in [0.29, 0.717) is 0 Å². The molecule has 0 saturated heterocycles. The molecule has 0 amide bonds. The van der Waals surface area contributed by atoms with Gasteiger partial charge < -0.3 is 14.2 Å². The number of nitrogens with zero attached hydrogens (tertiary/aromatic N) is 1. The van der Waals surface area contributed by atoms with Gasteiger partial charge in [0.05, 0.1) is 37.2 Å². The third kappa shape index (κ3) is 3.21. The van der Waals surface area contributed by atoms with Crippen molar-refractivity contribution in [2.24, 2.45) is 5.92 Å². The number of hydrogen-bond donors (Lipinski definition) is 0. The van der Waals surface area contributed by atoms with Crippen molar-refractivity contribution >= 4 is 11.7 Å². The zero-order valence-corrected chi connectivity index (χ0v) is 11.5. The van der Waals surface area contributed by atoms with E-state index in [0.717, 1.165) is 0 Å². The lowest BCUT2D eigenvalue weighted by molar-refractivity contribution is -0.385. The lowest BCUT2D eigenvalue weighted by atomic mass is 10.2. The van der Waals surface area contributed by atoms with Gasteiger partial charge in [-0.05, 0) is 0 Å². The van der Waals surface area contributed by atoms with Crippen molar-refractivity contribution in [1.29, 1.82) is 0 Å². The van der Waals surface area contributed by atoms with Crippen LogP contribution >= 0.6 is 0 Å². The summed E-state index contributed by atoms with van der Waals surface area (Å²) in [7, 11) is 2.54. The summed E-state index contributed by atoms with van der Waals surface area (Å²) in [5, 5.41) is 10.8. The minimum atomic E-state index is -1.79. The number of halogens is 1. The molecule has 2 atom stereocenters. The minimum absolute atomic E-state index is 0.0196. The van der Waals surface area contributed by atoms with Crippen molar-refractivity contribution in [3.63, 3.8) is 0 Å².